The summed E-state index contributed by atoms with van der Waals surface area (Å²) in [5.74, 6) is 0. The molecule has 0 saturated carbocycles. The molecule has 2 nitrogen and oxygen atoms in total. The third kappa shape index (κ3) is 5.14. The molecule has 8 aromatic carbocycles. The van der Waals surface area contributed by atoms with E-state index < -0.39 is 0 Å². The number of nitrogens with zero attached hydrogens (tertiary/aromatic N) is 1. The molecule has 234 valence electrons. The van der Waals surface area contributed by atoms with Crippen molar-refractivity contribution in [1.82, 2.24) is 0 Å². The van der Waals surface area contributed by atoms with E-state index in [0.29, 0.717) is 0 Å². The molecule has 1 N–H and O–H groups in total. The number of rotatable bonds is 5. The van der Waals surface area contributed by atoms with E-state index in [-0.39, 0.29) is 5.41 Å². The number of hydrogen-bond acceptors (Lipinski definition) is 2. The maximum absolute atomic E-state index is 3.61. The average molecular weight is 629 g/mol. The first kappa shape index (κ1) is 29.1. The Bertz CT molecular complexity index is 2560. The van der Waals surface area contributed by atoms with E-state index >= 15 is 0 Å². The Labute approximate surface area is 287 Å². The van der Waals surface area contributed by atoms with Crippen LogP contribution in [0.3, 0.4) is 0 Å². The fraction of sp³-hybridized carbons (Fsp3) is 0.0638. The molecule has 0 spiro atoms. The van der Waals surface area contributed by atoms with Crippen LogP contribution >= 0.6 is 0 Å². The van der Waals surface area contributed by atoms with Crippen molar-refractivity contribution in [1.29, 1.82) is 0 Å². The van der Waals surface area contributed by atoms with Crippen LogP contribution in [-0.4, -0.2) is 0 Å². The predicted octanol–water partition coefficient (Wildman–Crippen LogP) is 13.2. The van der Waals surface area contributed by atoms with Gasteiger partial charge in [-0.1, -0.05) is 129 Å². The number of nitrogens with one attached hydrogen (secondary N) is 1. The molecular weight excluding hydrogens is 593 g/mol. The molecule has 1 heterocycles. The van der Waals surface area contributed by atoms with Gasteiger partial charge in [0, 0.05) is 22.5 Å². The maximum Gasteiger partial charge on any atom is 0.0503 e. The van der Waals surface area contributed by atoms with Crippen molar-refractivity contribution in [3.8, 4) is 0 Å². The van der Waals surface area contributed by atoms with Gasteiger partial charge in [-0.05, 0) is 115 Å². The van der Waals surface area contributed by atoms with E-state index in [0.717, 1.165) is 11.4 Å². The number of para-hydroxylation sites is 2. The van der Waals surface area contributed by atoms with E-state index in [4.69, 9.17) is 0 Å². The number of fused-ring (bicyclic) bond motifs is 6. The Morgan fingerprint density at radius 2 is 1.02 bits per heavy atom. The molecule has 1 aliphatic heterocycles. The molecule has 0 bridgehead atoms. The van der Waals surface area contributed by atoms with Gasteiger partial charge in [0.05, 0.1) is 11.4 Å². The number of hydrogen-bond donors (Lipinski definition) is 1. The first-order chi connectivity index (χ1) is 24.0. The van der Waals surface area contributed by atoms with Gasteiger partial charge in [0.1, 0.15) is 0 Å². The lowest BCUT2D eigenvalue weighted by atomic mass is 9.73. The third-order valence-corrected chi connectivity index (χ3v) is 10.1. The minimum atomic E-state index is -0.129. The summed E-state index contributed by atoms with van der Waals surface area (Å²) in [5, 5.41) is 11.1. The zero-order valence-electron chi connectivity index (χ0n) is 27.7. The molecule has 49 heavy (non-hydrogen) atoms. The Kier molecular flexibility index (Phi) is 6.84. The normalized spacial score (nSPS) is 13.6. The lowest BCUT2D eigenvalue weighted by Gasteiger charge is -2.42. The van der Waals surface area contributed by atoms with Crippen LogP contribution in [0.1, 0.15) is 36.1 Å². The summed E-state index contributed by atoms with van der Waals surface area (Å²) in [4.78, 5) is 2.40. The van der Waals surface area contributed by atoms with Crippen LogP contribution in [0.25, 0.3) is 44.5 Å². The van der Waals surface area contributed by atoms with Crippen LogP contribution in [0.2, 0.25) is 0 Å². The van der Waals surface area contributed by atoms with Crippen molar-refractivity contribution in [2.24, 2.45) is 0 Å². The van der Waals surface area contributed by atoms with Crippen molar-refractivity contribution >= 4 is 72.9 Å². The number of anilines is 5. The highest BCUT2D eigenvalue weighted by molar-refractivity contribution is 6.09. The minimum Gasteiger partial charge on any atom is -0.355 e. The molecule has 0 fully saturated rings. The van der Waals surface area contributed by atoms with Crippen molar-refractivity contribution in [3.63, 3.8) is 0 Å². The summed E-state index contributed by atoms with van der Waals surface area (Å²) in [6.07, 6.45) is 4.48. The standard InChI is InChI=1S/C47H36N2/c1-47(2)43-14-8-9-15-45(43)49(40-12-4-3-5-13-40)46-27-19-33(29-44(46)47)17-16-32-18-25-41-36(28-32)20-21-37-31-39(24-26-42(37)41)48-38-23-22-34-10-6-7-11-35(34)30-38/h3-31,48H,1-2H3/b17-16+. The highest BCUT2D eigenvalue weighted by Gasteiger charge is 2.36. The summed E-state index contributed by atoms with van der Waals surface area (Å²) >= 11 is 0. The van der Waals surface area contributed by atoms with Crippen LogP contribution in [0.4, 0.5) is 28.4 Å². The fourth-order valence-corrected chi connectivity index (χ4v) is 7.58. The molecule has 1 aliphatic rings. The Morgan fingerprint density at radius 1 is 0.449 bits per heavy atom. The SMILES string of the molecule is CC1(C)c2ccccc2N(c2ccccc2)c2ccc(/C=C/c3ccc4c(ccc5cc(Nc6ccc7ccccc7c6)ccc54)c3)cc21. The highest BCUT2D eigenvalue weighted by atomic mass is 15.2. The van der Waals surface area contributed by atoms with Crippen LogP contribution in [0.5, 0.6) is 0 Å². The van der Waals surface area contributed by atoms with Crippen LogP contribution in [0.15, 0.2) is 164 Å². The zero-order chi connectivity index (χ0) is 33.0. The summed E-state index contributed by atoms with van der Waals surface area (Å²) in [5.41, 5.74) is 10.8. The second kappa shape index (κ2) is 11.5. The van der Waals surface area contributed by atoms with Crippen LogP contribution < -0.4 is 10.2 Å². The van der Waals surface area contributed by atoms with Gasteiger partial charge >= 0.3 is 0 Å². The fourth-order valence-electron chi connectivity index (χ4n) is 7.58. The van der Waals surface area contributed by atoms with Gasteiger partial charge in [-0.3, -0.25) is 0 Å². The summed E-state index contributed by atoms with van der Waals surface area (Å²) in [6, 6.07) is 59.3. The van der Waals surface area contributed by atoms with E-state index in [2.05, 4.69) is 200 Å². The predicted molar refractivity (Wildman–Crippen MR) is 211 cm³/mol. The molecule has 0 unspecified atom stereocenters. The topological polar surface area (TPSA) is 15.3 Å². The van der Waals surface area contributed by atoms with Gasteiger partial charge in [0.25, 0.3) is 0 Å². The maximum atomic E-state index is 3.61. The molecule has 0 saturated heterocycles. The lowest BCUT2D eigenvalue weighted by Crippen LogP contribution is -2.30. The van der Waals surface area contributed by atoms with Crippen molar-refractivity contribution in [2.75, 3.05) is 10.2 Å². The van der Waals surface area contributed by atoms with Gasteiger partial charge in [-0.2, -0.15) is 0 Å². The molecular formula is C47H36N2. The van der Waals surface area contributed by atoms with Gasteiger partial charge in [0.2, 0.25) is 0 Å². The van der Waals surface area contributed by atoms with Crippen molar-refractivity contribution in [3.05, 3.63) is 186 Å². The zero-order valence-corrected chi connectivity index (χ0v) is 27.7. The molecule has 0 atom stereocenters. The second-order valence-corrected chi connectivity index (χ2v) is 13.6. The summed E-state index contributed by atoms with van der Waals surface area (Å²) in [6.45, 7) is 4.69. The smallest absolute Gasteiger partial charge is 0.0503 e. The molecule has 0 aliphatic carbocycles. The van der Waals surface area contributed by atoms with Crippen molar-refractivity contribution in [2.45, 2.75) is 19.3 Å². The molecule has 2 heteroatoms. The molecule has 9 rings (SSSR count). The van der Waals surface area contributed by atoms with Gasteiger partial charge < -0.3 is 10.2 Å². The van der Waals surface area contributed by atoms with E-state index in [1.807, 2.05) is 0 Å². The minimum absolute atomic E-state index is 0.129. The third-order valence-electron chi connectivity index (χ3n) is 10.1. The molecule has 0 amide bonds. The van der Waals surface area contributed by atoms with E-state index in [1.165, 1.54) is 71.6 Å². The first-order valence-corrected chi connectivity index (χ1v) is 17.0. The monoisotopic (exact) mass is 628 g/mol. The molecule has 0 aromatic heterocycles. The lowest BCUT2D eigenvalue weighted by molar-refractivity contribution is 0.631. The second-order valence-electron chi connectivity index (χ2n) is 13.6. The summed E-state index contributed by atoms with van der Waals surface area (Å²) < 4.78 is 0. The quantitative estimate of drug-likeness (QED) is 0.151. The van der Waals surface area contributed by atoms with E-state index in [9.17, 15) is 0 Å². The Balaban J connectivity index is 1.01. The van der Waals surface area contributed by atoms with Gasteiger partial charge in [-0.25, -0.2) is 0 Å². The van der Waals surface area contributed by atoms with Crippen molar-refractivity contribution < 1.29 is 0 Å². The average Bonchev–Trinajstić information content (AvgIpc) is 3.14. The summed E-state index contributed by atoms with van der Waals surface area (Å²) in [7, 11) is 0. The Morgan fingerprint density at radius 3 is 1.84 bits per heavy atom. The largest absolute Gasteiger partial charge is 0.355 e. The van der Waals surface area contributed by atoms with Gasteiger partial charge in [0.15, 0.2) is 0 Å². The highest BCUT2D eigenvalue weighted by Crippen LogP contribution is 2.52. The molecule has 0 radical (unpaired) electrons. The van der Waals surface area contributed by atoms with Crippen LogP contribution in [0, 0.1) is 0 Å². The van der Waals surface area contributed by atoms with Gasteiger partial charge in [-0.15, -0.1) is 0 Å². The van der Waals surface area contributed by atoms with E-state index in [1.54, 1.807) is 0 Å². The van der Waals surface area contributed by atoms with Crippen LogP contribution in [-0.2, 0) is 5.41 Å². The molecule has 8 aromatic rings. The Hall–Kier alpha value is -6.12. The number of benzene rings is 8. The first-order valence-electron chi connectivity index (χ1n) is 17.0.